The lowest BCUT2D eigenvalue weighted by Gasteiger charge is -2.15. The maximum absolute atomic E-state index is 10.5. The fraction of sp³-hybridized carbons (Fsp3) is 0.556. The van der Waals surface area contributed by atoms with E-state index in [1.54, 1.807) is 26.8 Å². The molecule has 1 heterocycles. The van der Waals surface area contributed by atoms with Gasteiger partial charge in [-0.05, 0) is 25.9 Å². The molecule has 0 aliphatic carbocycles. The van der Waals surface area contributed by atoms with Gasteiger partial charge in [-0.25, -0.2) is 0 Å². The third kappa shape index (κ3) is 2.89. The first-order valence-electron chi connectivity index (χ1n) is 4.06. The predicted octanol–water partition coefficient (Wildman–Crippen LogP) is 1.59. The number of hydrogen-bond acceptors (Lipinski definition) is 4. The highest BCUT2D eigenvalue weighted by molar-refractivity contribution is 5.58. The van der Waals surface area contributed by atoms with Crippen LogP contribution in [-0.2, 0) is 4.79 Å². The first kappa shape index (κ1) is 9.77. The third-order valence-electron chi connectivity index (χ3n) is 1.52. The van der Waals surface area contributed by atoms with Crippen LogP contribution in [0.2, 0.25) is 0 Å². The molecule has 0 unspecified atom stereocenters. The zero-order chi connectivity index (χ0) is 9.90. The number of aldehydes is 1. The van der Waals surface area contributed by atoms with Crippen molar-refractivity contribution in [1.82, 2.24) is 5.16 Å². The Bertz CT molecular complexity index is 291. The SMILES string of the molecule is Cc1cc(OCC(C)(C)C=O)no1. The minimum atomic E-state index is -0.479. The molecule has 0 radical (unpaired) electrons. The van der Waals surface area contributed by atoms with Gasteiger partial charge in [-0.15, -0.1) is 0 Å². The van der Waals surface area contributed by atoms with Crippen LogP contribution in [-0.4, -0.2) is 18.0 Å². The number of ether oxygens (including phenoxy) is 1. The zero-order valence-electron chi connectivity index (χ0n) is 8.03. The average Bonchev–Trinajstić information content (AvgIpc) is 2.48. The van der Waals surface area contributed by atoms with Crippen molar-refractivity contribution in [2.45, 2.75) is 20.8 Å². The van der Waals surface area contributed by atoms with Crippen LogP contribution in [0.1, 0.15) is 19.6 Å². The van der Waals surface area contributed by atoms with Crippen LogP contribution < -0.4 is 4.74 Å². The maximum atomic E-state index is 10.5. The minimum Gasteiger partial charge on any atom is -0.474 e. The van der Waals surface area contributed by atoms with Crippen molar-refractivity contribution in [3.63, 3.8) is 0 Å². The van der Waals surface area contributed by atoms with Gasteiger partial charge >= 0.3 is 0 Å². The van der Waals surface area contributed by atoms with Gasteiger partial charge in [0.15, 0.2) is 0 Å². The molecule has 1 aromatic rings. The molecule has 0 atom stereocenters. The second-order valence-electron chi connectivity index (χ2n) is 3.67. The number of carbonyl (C=O) groups excluding carboxylic acids is 1. The second kappa shape index (κ2) is 3.60. The van der Waals surface area contributed by atoms with E-state index in [0.717, 1.165) is 6.29 Å². The van der Waals surface area contributed by atoms with Crippen LogP contribution in [0.3, 0.4) is 0 Å². The van der Waals surface area contributed by atoms with Crippen molar-refractivity contribution < 1.29 is 14.1 Å². The fourth-order valence-electron chi connectivity index (χ4n) is 0.706. The lowest BCUT2D eigenvalue weighted by Crippen LogP contribution is -2.22. The first-order valence-corrected chi connectivity index (χ1v) is 4.06. The smallest absolute Gasteiger partial charge is 0.254 e. The van der Waals surface area contributed by atoms with Crippen molar-refractivity contribution in [2.24, 2.45) is 5.41 Å². The molecular weight excluding hydrogens is 170 g/mol. The van der Waals surface area contributed by atoms with Gasteiger partial charge in [0.2, 0.25) is 0 Å². The molecule has 1 aromatic heterocycles. The van der Waals surface area contributed by atoms with Gasteiger partial charge in [-0.2, -0.15) is 0 Å². The standard InChI is InChI=1S/C9H13NO3/c1-7-4-8(10-13-7)12-6-9(2,3)5-11/h4-5H,6H2,1-3H3. The van der Waals surface area contributed by atoms with Crippen LogP contribution in [0.25, 0.3) is 0 Å². The monoisotopic (exact) mass is 183 g/mol. The fourth-order valence-corrected chi connectivity index (χ4v) is 0.706. The predicted molar refractivity (Wildman–Crippen MR) is 46.6 cm³/mol. The molecule has 0 aliphatic rings. The van der Waals surface area contributed by atoms with E-state index in [0.29, 0.717) is 18.2 Å². The van der Waals surface area contributed by atoms with E-state index in [1.165, 1.54) is 0 Å². The summed E-state index contributed by atoms with van der Waals surface area (Å²) in [5.41, 5.74) is -0.479. The summed E-state index contributed by atoms with van der Waals surface area (Å²) in [5.74, 6) is 1.12. The summed E-state index contributed by atoms with van der Waals surface area (Å²) < 4.78 is 10.0. The second-order valence-corrected chi connectivity index (χ2v) is 3.67. The lowest BCUT2D eigenvalue weighted by atomic mass is 9.98. The van der Waals surface area contributed by atoms with Gasteiger partial charge in [-0.1, -0.05) is 0 Å². The van der Waals surface area contributed by atoms with Gasteiger partial charge in [0.1, 0.15) is 18.7 Å². The maximum Gasteiger partial charge on any atom is 0.254 e. The molecule has 0 saturated heterocycles. The van der Waals surface area contributed by atoms with Crippen LogP contribution >= 0.6 is 0 Å². The molecular formula is C9H13NO3. The van der Waals surface area contributed by atoms with Crippen molar-refractivity contribution in [3.8, 4) is 5.88 Å². The van der Waals surface area contributed by atoms with Gasteiger partial charge < -0.3 is 14.1 Å². The van der Waals surface area contributed by atoms with E-state index >= 15 is 0 Å². The van der Waals surface area contributed by atoms with Gasteiger partial charge in [0.25, 0.3) is 5.88 Å². The molecule has 4 nitrogen and oxygen atoms in total. The van der Waals surface area contributed by atoms with Crippen molar-refractivity contribution in [2.75, 3.05) is 6.61 Å². The third-order valence-corrected chi connectivity index (χ3v) is 1.52. The first-order chi connectivity index (χ1) is 6.03. The minimum absolute atomic E-state index is 0.308. The molecule has 0 saturated carbocycles. The molecule has 13 heavy (non-hydrogen) atoms. The quantitative estimate of drug-likeness (QED) is 0.665. The number of hydrogen-bond donors (Lipinski definition) is 0. The number of nitrogens with zero attached hydrogens (tertiary/aromatic N) is 1. The summed E-state index contributed by atoms with van der Waals surface area (Å²) in [7, 11) is 0. The van der Waals surface area contributed by atoms with Gasteiger partial charge in [-0.3, -0.25) is 0 Å². The van der Waals surface area contributed by atoms with Gasteiger partial charge in [0, 0.05) is 6.07 Å². The molecule has 0 bridgehead atoms. The van der Waals surface area contributed by atoms with E-state index in [4.69, 9.17) is 9.26 Å². The van der Waals surface area contributed by atoms with Crippen LogP contribution in [0.15, 0.2) is 10.6 Å². The van der Waals surface area contributed by atoms with E-state index in [1.807, 2.05) is 0 Å². The molecule has 1 rings (SSSR count). The Hall–Kier alpha value is -1.32. The summed E-state index contributed by atoms with van der Waals surface area (Å²) in [6, 6.07) is 1.68. The van der Waals surface area contributed by atoms with Crippen molar-refractivity contribution in [3.05, 3.63) is 11.8 Å². The Morgan fingerprint density at radius 1 is 1.69 bits per heavy atom. The van der Waals surface area contributed by atoms with E-state index in [9.17, 15) is 4.79 Å². The van der Waals surface area contributed by atoms with Crippen LogP contribution in [0, 0.1) is 12.3 Å². The summed E-state index contributed by atoms with van der Waals surface area (Å²) >= 11 is 0. The topological polar surface area (TPSA) is 52.3 Å². The molecule has 0 fully saturated rings. The Balaban J connectivity index is 2.48. The van der Waals surface area contributed by atoms with Crippen molar-refractivity contribution in [1.29, 1.82) is 0 Å². The molecule has 4 heteroatoms. The summed E-state index contributed by atoms with van der Waals surface area (Å²) in [4.78, 5) is 10.5. The number of rotatable bonds is 4. The Morgan fingerprint density at radius 2 is 2.38 bits per heavy atom. The normalized spacial score (nSPS) is 11.3. The molecule has 0 N–H and O–H groups in total. The molecule has 0 aliphatic heterocycles. The highest BCUT2D eigenvalue weighted by Crippen LogP contribution is 2.15. The zero-order valence-corrected chi connectivity index (χ0v) is 8.03. The average molecular weight is 183 g/mol. The molecule has 0 aromatic carbocycles. The summed E-state index contributed by atoms with van der Waals surface area (Å²) in [5, 5.41) is 3.64. The molecule has 72 valence electrons. The number of aryl methyl sites for hydroxylation is 1. The highest BCUT2D eigenvalue weighted by Gasteiger charge is 2.18. The number of aromatic nitrogens is 1. The van der Waals surface area contributed by atoms with Gasteiger partial charge in [0.05, 0.1) is 5.41 Å². The van der Waals surface area contributed by atoms with Crippen molar-refractivity contribution >= 4 is 6.29 Å². The Morgan fingerprint density at radius 3 is 2.85 bits per heavy atom. The Kier molecular flexibility index (Phi) is 2.70. The van der Waals surface area contributed by atoms with E-state index in [-0.39, 0.29) is 0 Å². The van der Waals surface area contributed by atoms with Crippen LogP contribution in [0.4, 0.5) is 0 Å². The Labute approximate surface area is 76.9 Å². The number of carbonyl (C=O) groups is 1. The molecule has 0 spiro atoms. The highest BCUT2D eigenvalue weighted by atomic mass is 16.5. The largest absolute Gasteiger partial charge is 0.474 e. The van der Waals surface area contributed by atoms with E-state index in [2.05, 4.69) is 5.16 Å². The van der Waals surface area contributed by atoms with E-state index < -0.39 is 5.41 Å². The summed E-state index contributed by atoms with van der Waals surface area (Å²) in [6.45, 7) is 5.69. The lowest BCUT2D eigenvalue weighted by molar-refractivity contribution is -0.116. The summed E-state index contributed by atoms with van der Waals surface area (Å²) in [6.07, 6.45) is 0.861. The van der Waals surface area contributed by atoms with Crippen LogP contribution in [0.5, 0.6) is 5.88 Å². The molecule has 0 amide bonds.